The van der Waals surface area contributed by atoms with Crippen molar-refractivity contribution in [1.82, 2.24) is 10.3 Å². The molecule has 1 N–H and O–H groups in total. The third kappa shape index (κ3) is 4.06. The first-order valence-corrected chi connectivity index (χ1v) is 6.12. The zero-order chi connectivity index (χ0) is 12.7. The molecule has 0 saturated heterocycles. The number of nitrogens with one attached hydrogen (secondary N) is 1. The van der Waals surface area contributed by atoms with Crippen LogP contribution in [0.3, 0.4) is 0 Å². The molecule has 1 heterocycles. The average molecular weight is 240 g/mol. The highest BCUT2D eigenvalue weighted by Crippen LogP contribution is 2.22. The molecule has 2 unspecified atom stereocenters. The van der Waals surface area contributed by atoms with Crippen LogP contribution in [-0.4, -0.2) is 24.7 Å². The molecule has 0 spiro atoms. The van der Waals surface area contributed by atoms with E-state index in [0.29, 0.717) is 6.61 Å². The zero-order valence-corrected chi connectivity index (χ0v) is 10.7. The summed E-state index contributed by atoms with van der Waals surface area (Å²) >= 11 is 0. The fourth-order valence-corrected chi connectivity index (χ4v) is 2.01. The van der Waals surface area contributed by atoms with E-state index in [9.17, 15) is 4.39 Å². The molecule has 1 rings (SSSR count). The molecule has 1 aromatic rings. The Balaban J connectivity index is 2.87. The summed E-state index contributed by atoms with van der Waals surface area (Å²) in [5.41, 5.74) is 0.833. The van der Waals surface area contributed by atoms with Gasteiger partial charge in [-0.2, -0.15) is 0 Å². The van der Waals surface area contributed by atoms with Crippen LogP contribution in [0.4, 0.5) is 4.39 Å². The van der Waals surface area contributed by atoms with Crippen LogP contribution in [0.1, 0.15) is 38.3 Å². The van der Waals surface area contributed by atoms with E-state index in [2.05, 4.69) is 17.2 Å². The van der Waals surface area contributed by atoms with E-state index >= 15 is 0 Å². The molecule has 0 aliphatic rings. The quantitative estimate of drug-likeness (QED) is 0.795. The number of nitrogens with zero attached hydrogens (tertiary/aromatic N) is 1. The standard InChI is InChI=1S/C13H21FN2O/c1-4-6-12(17-5-2)13(15-3)10-7-11(14)9-16-8-10/h7-9,12-13,15H,4-6H2,1-3H3. The molecule has 2 atom stereocenters. The second-order valence-corrected chi connectivity index (χ2v) is 3.99. The van der Waals surface area contributed by atoms with Gasteiger partial charge in [-0.15, -0.1) is 0 Å². The van der Waals surface area contributed by atoms with E-state index in [-0.39, 0.29) is 18.0 Å². The van der Waals surface area contributed by atoms with Crippen molar-refractivity contribution in [2.45, 2.75) is 38.8 Å². The van der Waals surface area contributed by atoms with Crippen LogP contribution >= 0.6 is 0 Å². The molecular formula is C13H21FN2O. The lowest BCUT2D eigenvalue weighted by atomic mass is 9.99. The molecule has 0 aromatic carbocycles. The van der Waals surface area contributed by atoms with Crippen LogP contribution in [0.25, 0.3) is 0 Å². The molecule has 0 fully saturated rings. The van der Waals surface area contributed by atoms with Gasteiger partial charge in [0.25, 0.3) is 0 Å². The van der Waals surface area contributed by atoms with Gasteiger partial charge in [-0.3, -0.25) is 4.98 Å². The molecule has 0 saturated carbocycles. The lowest BCUT2D eigenvalue weighted by Crippen LogP contribution is -2.32. The molecule has 4 heteroatoms. The maximum absolute atomic E-state index is 13.2. The van der Waals surface area contributed by atoms with Crippen molar-refractivity contribution in [1.29, 1.82) is 0 Å². The van der Waals surface area contributed by atoms with E-state index in [1.165, 1.54) is 12.3 Å². The molecular weight excluding hydrogens is 219 g/mol. The van der Waals surface area contributed by atoms with E-state index in [1.54, 1.807) is 6.20 Å². The Morgan fingerprint density at radius 2 is 2.18 bits per heavy atom. The molecule has 0 amide bonds. The number of aromatic nitrogens is 1. The molecule has 0 bridgehead atoms. The molecule has 0 radical (unpaired) electrons. The molecule has 17 heavy (non-hydrogen) atoms. The second kappa shape index (κ2) is 7.35. The van der Waals surface area contributed by atoms with Gasteiger partial charge in [-0.1, -0.05) is 13.3 Å². The topological polar surface area (TPSA) is 34.1 Å². The van der Waals surface area contributed by atoms with Gasteiger partial charge in [0.1, 0.15) is 5.82 Å². The highest BCUT2D eigenvalue weighted by molar-refractivity contribution is 5.16. The molecule has 0 aliphatic carbocycles. The average Bonchev–Trinajstić information content (AvgIpc) is 2.31. The maximum atomic E-state index is 13.2. The Hall–Kier alpha value is -1.00. The summed E-state index contributed by atoms with van der Waals surface area (Å²) in [6.07, 6.45) is 4.93. The number of likely N-dealkylation sites (N-methyl/N-ethyl adjacent to an activating group) is 1. The Labute approximate surface area is 102 Å². The van der Waals surface area contributed by atoms with Crippen LogP contribution < -0.4 is 5.32 Å². The van der Waals surface area contributed by atoms with Crippen molar-refractivity contribution in [3.63, 3.8) is 0 Å². The smallest absolute Gasteiger partial charge is 0.141 e. The van der Waals surface area contributed by atoms with Gasteiger partial charge in [-0.05, 0) is 32.0 Å². The third-order valence-corrected chi connectivity index (χ3v) is 2.72. The number of rotatable bonds is 7. The lowest BCUT2D eigenvalue weighted by Gasteiger charge is -2.26. The van der Waals surface area contributed by atoms with E-state index in [1.807, 2.05) is 14.0 Å². The summed E-state index contributed by atoms with van der Waals surface area (Å²) in [5, 5.41) is 3.18. The van der Waals surface area contributed by atoms with Crippen LogP contribution in [0.5, 0.6) is 0 Å². The van der Waals surface area contributed by atoms with Gasteiger partial charge in [0.05, 0.1) is 18.3 Å². The third-order valence-electron chi connectivity index (χ3n) is 2.72. The second-order valence-electron chi connectivity index (χ2n) is 3.99. The number of pyridine rings is 1. The van der Waals surface area contributed by atoms with Crippen LogP contribution in [-0.2, 0) is 4.74 Å². The summed E-state index contributed by atoms with van der Waals surface area (Å²) < 4.78 is 18.9. The van der Waals surface area contributed by atoms with E-state index < -0.39 is 0 Å². The van der Waals surface area contributed by atoms with Gasteiger partial charge in [0, 0.05) is 12.8 Å². The Bertz CT molecular complexity index is 327. The van der Waals surface area contributed by atoms with Crippen molar-refractivity contribution < 1.29 is 9.13 Å². The predicted octanol–water partition coefficient (Wildman–Crippen LogP) is 2.69. The molecule has 0 aliphatic heterocycles. The highest BCUT2D eigenvalue weighted by atomic mass is 19.1. The molecule has 3 nitrogen and oxygen atoms in total. The summed E-state index contributed by atoms with van der Waals surface area (Å²) in [6, 6.07) is 1.49. The summed E-state index contributed by atoms with van der Waals surface area (Å²) in [7, 11) is 1.86. The van der Waals surface area contributed by atoms with Crippen LogP contribution in [0.2, 0.25) is 0 Å². The minimum Gasteiger partial charge on any atom is -0.377 e. The number of halogens is 1. The van der Waals surface area contributed by atoms with Crippen molar-refractivity contribution >= 4 is 0 Å². The SMILES string of the molecule is CCCC(OCC)C(NC)c1cncc(F)c1. The van der Waals surface area contributed by atoms with Crippen molar-refractivity contribution in [2.24, 2.45) is 0 Å². The Kier molecular flexibility index (Phi) is 6.08. The number of ether oxygens (including phenoxy) is 1. The Morgan fingerprint density at radius 1 is 1.41 bits per heavy atom. The lowest BCUT2D eigenvalue weighted by molar-refractivity contribution is 0.0294. The minimum atomic E-state index is -0.311. The predicted molar refractivity (Wildman–Crippen MR) is 66.3 cm³/mol. The minimum absolute atomic E-state index is 0.0156. The highest BCUT2D eigenvalue weighted by Gasteiger charge is 2.22. The van der Waals surface area contributed by atoms with Crippen molar-refractivity contribution in [3.05, 3.63) is 29.8 Å². The summed E-state index contributed by atoms with van der Waals surface area (Å²) in [4.78, 5) is 3.89. The first-order chi connectivity index (χ1) is 8.22. The number of hydrogen-bond donors (Lipinski definition) is 1. The van der Waals surface area contributed by atoms with Crippen LogP contribution in [0, 0.1) is 5.82 Å². The normalized spacial score (nSPS) is 14.6. The maximum Gasteiger partial charge on any atom is 0.141 e. The van der Waals surface area contributed by atoms with Gasteiger partial charge >= 0.3 is 0 Å². The van der Waals surface area contributed by atoms with Gasteiger partial charge in [-0.25, -0.2) is 4.39 Å². The Morgan fingerprint density at radius 3 is 2.71 bits per heavy atom. The van der Waals surface area contributed by atoms with Crippen molar-refractivity contribution in [3.8, 4) is 0 Å². The first kappa shape index (κ1) is 14.1. The number of hydrogen-bond acceptors (Lipinski definition) is 3. The van der Waals surface area contributed by atoms with E-state index in [0.717, 1.165) is 18.4 Å². The molecule has 1 aromatic heterocycles. The zero-order valence-electron chi connectivity index (χ0n) is 10.7. The van der Waals surface area contributed by atoms with Crippen LogP contribution in [0.15, 0.2) is 18.5 Å². The van der Waals surface area contributed by atoms with E-state index in [4.69, 9.17) is 4.74 Å². The van der Waals surface area contributed by atoms with Gasteiger partial charge in [0.15, 0.2) is 0 Å². The van der Waals surface area contributed by atoms with Crippen molar-refractivity contribution in [2.75, 3.05) is 13.7 Å². The fraction of sp³-hybridized carbons (Fsp3) is 0.615. The van der Waals surface area contributed by atoms with Gasteiger partial charge in [0.2, 0.25) is 0 Å². The summed E-state index contributed by atoms with van der Waals surface area (Å²) in [5.74, 6) is -0.311. The fourth-order valence-electron chi connectivity index (χ4n) is 2.01. The summed E-state index contributed by atoms with van der Waals surface area (Å²) in [6.45, 7) is 4.74. The monoisotopic (exact) mass is 240 g/mol. The first-order valence-electron chi connectivity index (χ1n) is 6.12. The largest absolute Gasteiger partial charge is 0.377 e. The molecule has 96 valence electrons. The van der Waals surface area contributed by atoms with Gasteiger partial charge < -0.3 is 10.1 Å².